The Labute approximate surface area is 155 Å². The van der Waals surface area contributed by atoms with Gasteiger partial charge in [-0.2, -0.15) is 0 Å². The molecule has 0 aliphatic rings. The Morgan fingerprint density at radius 2 is 1.28 bits per heavy atom. The number of benzene rings is 3. The van der Waals surface area contributed by atoms with Gasteiger partial charge in [0.25, 0.3) is 0 Å². The van der Waals surface area contributed by atoms with Gasteiger partial charge in [0.15, 0.2) is 15.7 Å². The number of rotatable bonds is 3. The fourth-order valence-electron chi connectivity index (χ4n) is 2.58. The largest absolute Gasteiger partial charge is 0.224 e. The lowest BCUT2D eigenvalue weighted by atomic mass is 9.95. The Hall–Kier alpha value is -1.88. The van der Waals surface area contributed by atoms with Crippen molar-refractivity contribution in [2.45, 2.75) is 4.90 Å². The van der Waals surface area contributed by atoms with Crippen molar-refractivity contribution in [3.63, 3.8) is 0 Å². The normalized spacial score (nSPS) is 11.5. The molecule has 0 unspecified atom stereocenters. The Kier molecular flexibility index (Phi) is 4.87. The van der Waals surface area contributed by atoms with Gasteiger partial charge >= 0.3 is 0 Å². The van der Waals surface area contributed by atoms with Crippen LogP contribution in [0.2, 0.25) is 10.0 Å². The molecule has 0 bridgehead atoms. The molecule has 3 aromatic rings. The van der Waals surface area contributed by atoms with Gasteiger partial charge in [-0.3, -0.25) is 0 Å². The zero-order chi connectivity index (χ0) is 18.2. The summed E-state index contributed by atoms with van der Waals surface area (Å²) in [7, 11) is -3.26. The maximum Gasteiger partial charge on any atom is 0.175 e. The monoisotopic (exact) mass is 394 g/mol. The molecule has 0 amide bonds. The molecule has 0 aromatic heterocycles. The zero-order valence-electron chi connectivity index (χ0n) is 13.1. The van der Waals surface area contributed by atoms with E-state index >= 15 is 0 Å². The van der Waals surface area contributed by atoms with E-state index in [1.54, 1.807) is 24.3 Å². The average Bonchev–Trinajstić information content (AvgIpc) is 2.58. The summed E-state index contributed by atoms with van der Waals surface area (Å²) in [5.74, 6) is -0.651. The molecule has 0 fully saturated rings. The van der Waals surface area contributed by atoms with Gasteiger partial charge in [0, 0.05) is 6.26 Å². The summed E-state index contributed by atoms with van der Waals surface area (Å²) in [4.78, 5) is 0.251. The third kappa shape index (κ3) is 3.71. The van der Waals surface area contributed by atoms with E-state index in [0.29, 0.717) is 5.56 Å². The van der Waals surface area contributed by atoms with E-state index in [9.17, 15) is 12.8 Å². The van der Waals surface area contributed by atoms with E-state index in [1.165, 1.54) is 18.4 Å². The molecule has 3 rings (SSSR count). The van der Waals surface area contributed by atoms with Crippen LogP contribution in [0.15, 0.2) is 65.6 Å². The maximum absolute atomic E-state index is 13.7. The molecule has 0 radical (unpaired) electrons. The standard InChI is InChI=1S/C19H13Cl2FO2S/c1-25(23,24)14-8-6-12(7-9-14)15-4-2-3-5-16(15)13-10-17(20)19(22)18(21)11-13/h2-11H,1H3. The summed E-state index contributed by atoms with van der Waals surface area (Å²) in [5.41, 5.74) is 3.19. The first kappa shape index (κ1) is 17.9. The Balaban J connectivity index is 2.14. The van der Waals surface area contributed by atoms with Crippen molar-refractivity contribution in [2.75, 3.05) is 6.26 Å². The molecule has 0 saturated heterocycles. The maximum atomic E-state index is 13.7. The molecule has 0 aliphatic carbocycles. The first-order valence-corrected chi connectivity index (χ1v) is 9.96. The topological polar surface area (TPSA) is 34.1 Å². The van der Waals surface area contributed by atoms with Crippen LogP contribution < -0.4 is 0 Å². The second kappa shape index (κ2) is 6.79. The quantitative estimate of drug-likeness (QED) is 0.520. The highest BCUT2D eigenvalue weighted by molar-refractivity contribution is 7.90. The van der Waals surface area contributed by atoms with Crippen LogP contribution in [-0.2, 0) is 9.84 Å². The van der Waals surface area contributed by atoms with Gasteiger partial charge in [0.05, 0.1) is 14.9 Å². The minimum absolute atomic E-state index is 0.0512. The SMILES string of the molecule is CS(=O)(=O)c1ccc(-c2ccccc2-c2cc(Cl)c(F)c(Cl)c2)cc1. The van der Waals surface area contributed by atoms with E-state index in [-0.39, 0.29) is 14.9 Å². The summed E-state index contributed by atoms with van der Waals surface area (Å²) in [5, 5.41) is -0.102. The third-order valence-corrected chi connectivity index (χ3v) is 5.49. The highest BCUT2D eigenvalue weighted by atomic mass is 35.5. The molecule has 0 spiro atoms. The molecule has 0 N–H and O–H groups in total. The summed E-state index contributed by atoms with van der Waals surface area (Å²) < 4.78 is 36.9. The predicted molar refractivity (Wildman–Crippen MR) is 100 cm³/mol. The minimum atomic E-state index is -3.26. The lowest BCUT2D eigenvalue weighted by Crippen LogP contribution is -1.96. The van der Waals surface area contributed by atoms with Crippen LogP contribution >= 0.6 is 23.2 Å². The Morgan fingerprint density at radius 3 is 1.76 bits per heavy atom. The van der Waals surface area contributed by atoms with Crippen molar-refractivity contribution in [2.24, 2.45) is 0 Å². The molecule has 2 nitrogen and oxygen atoms in total. The van der Waals surface area contributed by atoms with Gasteiger partial charge in [0.1, 0.15) is 0 Å². The molecule has 25 heavy (non-hydrogen) atoms. The van der Waals surface area contributed by atoms with Crippen LogP contribution in [-0.4, -0.2) is 14.7 Å². The lowest BCUT2D eigenvalue weighted by Gasteiger charge is -2.12. The molecule has 0 atom stereocenters. The molecule has 0 saturated carbocycles. The van der Waals surface area contributed by atoms with Crippen LogP contribution in [0.3, 0.4) is 0 Å². The molecule has 0 aliphatic heterocycles. The fraction of sp³-hybridized carbons (Fsp3) is 0.0526. The van der Waals surface area contributed by atoms with E-state index in [4.69, 9.17) is 23.2 Å². The lowest BCUT2D eigenvalue weighted by molar-refractivity contribution is 0.602. The van der Waals surface area contributed by atoms with Gasteiger partial charge in [0.2, 0.25) is 0 Å². The van der Waals surface area contributed by atoms with Gasteiger partial charge < -0.3 is 0 Å². The van der Waals surface area contributed by atoms with Crippen LogP contribution in [0.1, 0.15) is 0 Å². The highest BCUT2D eigenvalue weighted by Gasteiger charge is 2.13. The third-order valence-electron chi connectivity index (χ3n) is 3.82. The fourth-order valence-corrected chi connectivity index (χ4v) is 3.70. The van der Waals surface area contributed by atoms with Crippen LogP contribution in [0, 0.1) is 5.82 Å². The number of hydrogen-bond acceptors (Lipinski definition) is 2. The van der Waals surface area contributed by atoms with Gasteiger partial charge in [-0.15, -0.1) is 0 Å². The molecule has 6 heteroatoms. The van der Waals surface area contributed by atoms with E-state index < -0.39 is 15.7 Å². The highest BCUT2D eigenvalue weighted by Crippen LogP contribution is 2.36. The van der Waals surface area contributed by atoms with Crippen molar-refractivity contribution >= 4 is 33.0 Å². The molecule has 3 aromatic carbocycles. The second-order valence-corrected chi connectivity index (χ2v) is 8.43. The van der Waals surface area contributed by atoms with Gasteiger partial charge in [-0.1, -0.05) is 59.6 Å². The second-order valence-electron chi connectivity index (χ2n) is 5.60. The van der Waals surface area contributed by atoms with Crippen molar-refractivity contribution < 1.29 is 12.8 Å². The Morgan fingerprint density at radius 1 is 0.800 bits per heavy atom. The minimum Gasteiger partial charge on any atom is -0.224 e. The smallest absolute Gasteiger partial charge is 0.175 e. The number of halogens is 3. The average molecular weight is 395 g/mol. The van der Waals surface area contributed by atoms with Gasteiger partial charge in [-0.25, -0.2) is 12.8 Å². The van der Waals surface area contributed by atoms with Crippen molar-refractivity contribution in [3.8, 4) is 22.3 Å². The number of hydrogen-bond donors (Lipinski definition) is 0. The predicted octanol–water partition coefficient (Wildman–Crippen LogP) is 5.87. The van der Waals surface area contributed by atoms with E-state index in [1.807, 2.05) is 24.3 Å². The molecule has 128 valence electrons. The number of sulfone groups is 1. The van der Waals surface area contributed by atoms with Crippen LogP contribution in [0.25, 0.3) is 22.3 Å². The van der Waals surface area contributed by atoms with Crippen molar-refractivity contribution in [1.29, 1.82) is 0 Å². The van der Waals surface area contributed by atoms with E-state index in [2.05, 4.69) is 0 Å². The summed E-state index contributed by atoms with van der Waals surface area (Å²) in [6, 6.07) is 17.1. The first-order valence-electron chi connectivity index (χ1n) is 7.32. The zero-order valence-corrected chi connectivity index (χ0v) is 15.5. The van der Waals surface area contributed by atoms with Crippen LogP contribution in [0.4, 0.5) is 4.39 Å². The summed E-state index contributed by atoms with van der Waals surface area (Å²) in [6.45, 7) is 0. The van der Waals surface area contributed by atoms with Crippen LogP contribution in [0.5, 0.6) is 0 Å². The summed E-state index contributed by atoms with van der Waals surface area (Å²) in [6.07, 6.45) is 1.17. The van der Waals surface area contributed by atoms with E-state index in [0.717, 1.165) is 16.7 Å². The molecular formula is C19H13Cl2FO2S. The van der Waals surface area contributed by atoms with Crippen molar-refractivity contribution in [1.82, 2.24) is 0 Å². The molecular weight excluding hydrogens is 382 g/mol. The Bertz CT molecular complexity index is 1020. The first-order chi connectivity index (χ1) is 11.8. The van der Waals surface area contributed by atoms with Crippen molar-refractivity contribution in [3.05, 3.63) is 76.5 Å². The summed E-state index contributed by atoms with van der Waals surface area (Å²) >= 11 is 11.8. The molecule has 0 heterocycles. The van der Waals surface area contributed by atoms with Gasteiger partial charge in [-0.05, 0) is 46.5 Å².